The van der Waals surface area contributed by atoms with Gasteiger partial charge in [-0.25, -0.2) is 23.7 Å². The summed E-state index contributed by atoms with van der Waals surface area (Å²) >= 11 is 0. The maximum absolute atomic E-state index is 15.2. The van der Waals surface area contributed by atoms with Crippen molar-refractivity contribution in [2.45, 2.75) is 6.92 Å². The molecule has 5 rings (SSSR count). The molecule has 0 radical (unpaired) electrons. The average Bonchev–Trinajstić information content (AvgIpc) is 3.20. The van der Waals surface area contributed by atoms with E-state index in [9.17, 15) is 9.18 Å². The average molecular weight is 513 g/mol. The van der Waals surface area contributed by atoms with Crippen LogP contribution in [0.1, 0.15) is 6.92 Å². The Labute approximate surface area is 216 Å². The summed E-state index contributed by atoms with van der Waals surface area (Å²) in [6.07, 6.45) is 2.36. The number of aryl methyl sites for hydroxylation is 1. The Kier molecular flexibility index (Phi) is 6.29. The van der Waals surface area contributed by atoms with Crippen molar-refractivity contribution in [1.29, 1.82) is 0 Å². The highest BCUT2D eigenvalue weighted by molar-refractivity contribution is 6.08. The molecule has 0 aliphatic heterocycles. The molecule has 0 bridgehead atoms. The summed E-state index contributed by atoms with van der Waals surface area (Å²) < 4.78 is 35.8. The lowest BCUT2D eigenvalue weighted by molar-refractivity contribution is -0.112. The van der Waals surface area contributed by atoms with Gasteiger partial charge in [0.05, 0.1) is 17.3 Å². The Bertz CT molecular complexity index is 1700. The van der Waals surface area contributed by atoms with Crippen LogP contribution in [0.2, 0.25) is 0 Å². The first kappa shape index (κ1) is 24.6. The van der Waals surface area contributed by atoms with E-state index in [1.807, 2.05) is 23.7 Å². The van der Waals surface area contributed by atoms with Gasteiger partial charge >= 0.3 is 0 Å². The molecule has 0 saturated carbocycles. The highest BCUT2D eigenvalue weighted by Crippen LogP contribution is 2.42. The van der Waals surface area contributed by atoms with E-state index < -0.39 is 11.6 Å². The van der Waals surface area contributed by atoms with E-state index in [1.165, 1.54) is 30.6 Å². The maximum atomic E-state index is 15.2. The molecule has 5 aromatic rings. The number of hydrogen-bond acceptors (Lipinski definition) is 6. The summed E-state index contributed by atoms with van der Waals surface area (Å²) in [5, 5.41) is 3.34. The molecule has 38 heavy (non-hydrogen) atoms. The summed E-state index contributed by atoms with van der Waals surface area (Å²) in [6, 6.07) is 14.2. The Morgan fingerprint density at radius 3 is 2.42 bits per heavy atom. The van der Waals surface area contributed by atoms with Gasteiger partial charge in [0.2, 0.25) is 5.88 Å². The first-order valence-corrected chi connectivity index (χ1v) is 11.5. The number of anilines is 2. The quantitative estimate of drug-likeness (QED) is 0.276. The molecule has 8 nitrogen and oxygen atoms in total. The van der Waals surface area contributed by atoms with Gasteiger partial charge in [0.15, 0.2) is 11.6 Å². The molecule has 0 aliphatic rings. The van der Waals surface area contributed by atoms with E-state index in [2.05, 4.69) is 26.8 Å². The van der Waals surface area contributed by atoms with Crippen molar-refractivity contribution in [2.24, 2.45) is 7.05 Å². The molecule has 2 aromatic carbocycles. The number of nitrogens with zero attached hydrogens (tertiary/aromatic N) is 4. The first-order chi connectivity index (χ1) is 18.2. The molecule has 190 valence electrons. The number of amides is 1. The molecule has 3 heterocycles. The topological polar surface area (TPSA) is 108 Å². The molecule has 3 aromatic heterocycles. The lowest BCUT2D eigenvalue weighted by Crippen LogP contribution is -2.11. The number of benzene rings is 2. The van der Waals surface area contributed by atoms with Crippen molar-refractivity contribution in [3.63, 3.8) is 0 Å². The van der Waals surface area contributed by atoms with Gasteiger partial charge in [0.1, 0.15) is 23.6 Å². The van der Waals surface area contributed by atoms with Gasteiger partial charge in [-0.1, -0.05) is 24.8 Å². The van der Waals surface area contributed by atoms with Crippen molar-refractivity contribution in [3.8, 4) is 34.0 Å². The Hall–Kier alpha value is -5.12. The highest BCUT2D eigenvalue weighted by atomic mass is 19.1. The summed E-state index contributed by atoms with van der Waals surface area (Å²) in [6.45, 7) is 5.28. The molecular formula is C28H22F2N6O2. The molecular weight excluding hydrogens is 490 g/mol. The number of nitrogens with one attached hydrogen (secondary N) is 1. The van der Waals surface area contributed by atoms with E-state index >= 15 is 4.39 Å². The van der Waals surface area contributed by atoms with Crippen LogP contribution < -0.4 is 15.8 Å². The summed E-state index contributed by atoms with van der Waals surface area (Å²) in [5.41, 5.74) is 10.5. The standard InChI is InChI=1S/C28H22F2N6O2/c1-15(2)28(37)35-19-8-4-16(5-9-19)25-23(24-26(31)33-14-34-27(24)36(25)3)17-6-10-21(20(30)12-17)38-22-11-7-18(29)13-32-22/h4-14H,1H2,2-3H3,(H,35,37)(H2,31,33,34). The van der Waals surface area contributed by atoms with Gasteiger partial charge in [-0.3, -0.25) is 4.79 Å². The predicted molar refractivity (Wildman–Crippen MR) is 141 cm³/mol. The van der Waals surface area contributed by atoms with E-state index in [0.717, 1.165) is 17.5 Å². The third-order valence-electron chi connectivity index (χ3n) is 5.94. The number of pyridine rings is 1. The van der Waals surface area contributed by atoms with Crippen molar-refractivity contribution in [3.05, 3.63) is 90.9 Å². The molecule has 0 fully saturated rings. The number of halogens is 2. The first-order valence-electron chi connectivity index (χ1n) is 11.5. The van der Waals surface area contributed by atoms with Crippen LogP contribution in [-0.4, -0.2) is 25.4 Å². The van der Waals surface area contributed by atoms with Gasteiger partial charge < -0.3 is 20.4 Å². The largest absolute Gasteiger partial charge is 0.436 e. The van der Waals surface area contributed by atoms with E-state index in [-0.39, 0.29) is 23.4 Å². The zero-order valence-electron chi connectivity index (χ0n) is 20.5. The van der Waals surface area contributed by atoms with Crippen molar-refractivity contribution in [2.75, 3.05) is 11.1 Å². The molecule has 0 saturated heterocycles. The fraction of sp³-hybridized carbons (Fsp3) is 0.0714. The zero-order chi connectivity index (χ0) is 27.0. The number of rotatable bonds is 6. The fourth-order valence-electron chi connectivity index (χ4n) is 4.12. The minimum absolute atomic E-state index is 0.0559. The number of hydrogen-bond donors (Lipinski definition) is 2. The number of aromatic nitrogens is 4. The van der Waals surface area contributed by atoms with E-state index in [0.29, 0.717) is 33.4 Å². The van der Waals surface area contributed by atoms with Gasteiger partial charge in [0, 0.05) is 29.9 Å². The Balaban J connectivity index is 1.60. The van der Waals surface area contributed by atoms with Gasteiger partial charge in [-0.05, 0) is 48.4 Å². The SMILES string of the molecule is C=C(C)C(=O)Nc1ccc(-c2c(-c3ccc(Oc4ccc(F)cn4)c(F)c3)c3c(N)ncnc3n2C)cc1. The number of nitrogen functional groups attached to an aromatic ring is 1. The highest BCUT2D eigenvalue weighted by Gasteiger charge is 2.23. The third kappa shape index (κ3) is 4.55. The smallest absolute Gasteiger partial charge is 0.250 e. The molecule has 1 amide bonds. The number of carbonyl (C=O) groups is 1. The van der Waals surface area contributed by atoms with Gasteiger partial charge in [-0.15, -0.1) is 0 Å². The minimum atomic E-state index is -0.648. The van der Waals surface area contributed by atoms with E-state index in [4.69, 9.17) is 10.5 Å². The van der Waals surface area contributed by atoms with Crippen molar-refractivity contribution < 1.29 is 18.3 Å². The minimum Gasteiger partial charge on any atom is -0.436 e. The van der Waals surface area contributed by atoms with Gasteiger partial charge in [0.25, 0.3) is 5.91 Å². The van der Waals surface area contributed by atoms with Crippen LogP contribution in [0.15, 0.2) is 79.3 Å². The van der Waals surface area contributed by atoms with Crippen LogP contribution in [0.4, 0.5) is 20.3 Å². The third-order valence-corrected chi connectivity index (χ3v) is 5.94. The van der Waals surface area contributed by atoms with E-state index in [1.54, 1.807) is 25.1 Å². The van der Waals surface area contributed by atoms with Crippen LogP contribution in [0, 0.1) is 11.6 Å². The Morgan fingerprint density at radius 2 is 1.76 bits per heavy atom. The van der Waals surface area contributed by atoms with Crippen LogP contribution in [-0.2, 0) is 11.8 Å². The molecule has 3 N–H and O–H groups in total. The lowest BCUT2D eigenvalue weighted by Gasteiger charge is -2.12. The molecule has 0 aliphatic carbocycles. The second kappa shape index (κ2) is 9.74. The number of carbonyl (C=O) groups excluding carboxylic acids is 1. The number of nitrogens with two attached hydrogens (primary N) is 1. The number of fused-ring (bicyclic) bond motifs is 1. The second-order valence-corrected chi connectivity index (χ2v) is 8.61. The second-order valence-electron chi connectivity index (χ2n) is 8.61. The van der Waals surface area contributed by atoms with Crippen molar-refractivity contribution in [1.82, 2.24) is 19.5 Å². The Morgan fingerprint density at radius 1 is 1.03 bits per heavy atom. The van der Waals surface area contributed by atoms with Gasteiger partial charge in [-0.2, -0.15) is 0 Å². The monoisotopic (exact) mass is 512 g/mol. The lowest BCUT2D eigenvalue weighted by atomic mass is 9.98. The predicted octanol–water partition coefficient (Wildman–Crippen LogP) is 5.86. The fourth-order valence-corrected chi connectivity index (χ4v) is 4.12. The molecule has 0 unspecified atom stereocenters. The normalized spacial score (nSPS) is 10.9. The molecule has 0 atom stereocenters. The summed E-state index contributed by atoms with van der Waals surface area (Å²) in [5.74, 6) is -1.22. The maximum Gasteiger partial charge on any atom is 0.250 e. The van der Waals surface area contributed by atoms with Crippen LogP contribution >= 0.6 is 0 Å². The summed E-state index contributed by atoms with van der Waals surface area (Å²) in [7, 11) is 1.83. The van der Waals surface area contributed by atoms with Crippen LogP contribution in [0.25, 0.3) is 33.4 Å². The van der Waals surface area contributed by atoms with Crippen LogP contribution in [0.3, 0.4) is 0 Å². The number of ether oxygens (including phenoxy) is 1. The van der Waals surface area contributed by atoms with Crippen molar-refractivity contribution >= 4 is 28.4 Å². The zero-order valence-corrected chi connectivity index (χ0v) is 20.5. The molecule has 10 heteroatoms. The summed E-state index contributed by atoms with van der Waals surface area (Å²) in [4.78, 5) is 24.4. The van der Waals surface area contributed by atoms with Crippen LogP contribution in [0.5, 0.6) is 11.6 Å². The molecule has 0 spiro atoms.